The fourth-order valence-corrected chi connectivity index (χ4v) is 3.41. The minimum Gasteiger partial charge on any atom is -0.396 e. The SMILES string of the molecule is CCC(CC)(CO)CNC(=O)Cc1csc(-c2cccc(C)c2)n1. The molecule has 0 aliphatic rings. The summed E-state index contributed by atoms with van der Waals surface area (Å²) < 4.78 is 0. The molecule has 1 aromatic carbocycles. The molecule has 1 amide bonds. The van der Waals surface area contributed by atoms with E-state index in [1.54, 1.807) is 11.3 Å². The van der Waals surface area contributed by atoms with E-state index in [1.807, 2.05) is 31.4 Å². The third-order valence-corrected chi connectivity index (χ3v) is 5.59. The maximum absolute atomic E-state index is 12.2. The third-order valence-electron chi connectivity index (χ3n) is 4.65. The van der Waals surface area contributed by atoms with Crippen molar-refractivity contribution in [3.05, 3.63) is 40.9 Å². The normalized spacial score (nSPS) is 11.5. The van der Waals surface area contributed by atoms with Gasteiger partial charge >= 0.3 is 0 Å². The van der Waals surface area contributed by atoms with Gasteiger partial charge in [0.05, 0.1) is 18.7 Å². The minimum absolute atomic E-state index is 0.0455. The number of nitrogens with one attached hydrogen (secondary N) is 1. The van der Waals surface area contributed by atoms with Crippen LogP contribution in [0.25, 0.3) is 10.6 Å². The standard InChI is InChI=1S/C19H26N2O2S/c1-4-19(5-2,13-22)12-20-17(23)10-16-11-24-18(21-16)15-8-6-7-14(3)9-15/h6-9,11,22H,4-5,10,12-13H2,1-3H3,(H,20,23). The lowest BCUT2D eigenvalue weighted by atomic mass is 9.83. The molecule has 1 heterocycles. The molecule has 2 rings (SSSR count). The topological polar surface area (TPSA) is 62.2 Å². The molecular weight excluding hydrogens is 320 g/mol. The maximum Gasteiger partial charge on any atom is 0.226 e. The van der Waals surface area contributed by atoms with E-state index in [0.717, 1.165) is 29.1 Å². The first kappa shape index (κ1) is 18.6. The molecule has 24 heavy (non-hydrogen) atoms. The van der Waals surface area contributed by atoms with Crippen LogP contribution in [0, 0.1) is 12.3 Å². The summed E-state index contributed by atoms with van der Waals surface area (Å²) >= 11 is 1.56. The van der Waals surface area contributed by atoms with Crippen molar-refractivity contribution in [2.75, 3.05) is 13.2 Å². The maximum atomic E-state index is 12.2. The lowest BCUT2D eigenvalue weighted by molar-refractivity contribution is -0.121. The number of thiazole rings is 1. The van der Waals surface area contributed by atoms with E-state index in [9.17, 15) is 9.90 Å². The van der Waals surface area contributed by atoms with Crippen LogP contribution in [0.1, 0.15) is 37.9 Å². The average Bonchev–Trinajstić information content (AvgIpc) is 3.05. The fraction of sp³-hybridized carbons (Fsp3) is 0.474. The summed E-state index contributed by atoms with van der Waals surface area (Å²) in [5, 5.41) is 15.4. The van der Waals surface area contributed by atoms with E-state index in [0.29, 0.717) is 6.54 Å². The van der Waals surface area contributed by atoms with Crippen LogP contribution >= 0.6 is 11.3 Å². The number of amides is 1. The molecule has 0 atom stereocenters. The van der Waals surface area contributed by atoms with Gasteiger partial charge in [-0.15, -0.1) is 11.3 Å². The highest BCUT2D eigenvalue weighted by atomic mass is 32.1. The predicted octanol–water partition coefficient (Wildman–Crippen LogP) is 3.58. The second-order valence-electron chi connectivity index (χ2n) is 6.33. The summed E-state index contributed by atoms with van der Waals surface area (Å²) in [5.74, 6) is -0.0455. The monoisotopic (exact) mass is 346 g/mol. The molecule has 0 radical (unpaired) electrons. The number of carbonyl (C=O) groups is 1. The van der Waals surface area contributed by atoms with Gasteiger partial charge in [-0.2, -0.15) is 0 Å². The van der Waals surface area contributed by atoms with E-state index >= 15 is 0 Å². The number of benzene rings is 1. The Labute approximate surface area is 148 Å². The van der Waals surface area contributed by atoms with Crippen molar-refractivity contribution in [3.63, 3.8) is 0 Å². The van der Waals surface area contributed by atoms with Gasteiger partial charge in [0, 0.05) is 22.9 Å². The Morgan fingerprint density at radius 1 is 1.33 bits per heavy atom. The Kier molecular flexibility index (Phi) is 6.52. The molecule has 0 fully saturated rings. The molecule has 0 bridgehead atoms. The fourth-order valence-electron chi connectivity index (χ4n) is 2.59. The number of aliphatic hydroxyl groups excluding tert-OH is 1. The summed E-state index contributed by atoms with van der Waals surface area (Å²) in [4.78, 5) is 16.8. The lowest BCUT2D eigenvalue weighted by Crippen LogP contribution is -2.40. The summed E-state index contributed by atoms with van der Waals surface area (Å²) in [6, 6.07) is 8.21. The highest BCUT2D eigenvalue weighted by Gasteiger charge is 2.25. The second-order valence-corrected chi connectivity index (χ2v) is 7.19. The van der Waals surface area contributed by atoms with Crippen molar-refractivity contribution in [2.45, 2.75) is 40.0 Å². The van der Waals surface area contributed by atoms with Crippen molar-refractivity contribution in [2.24, 2.45) is 5.41 Å². The molecule has 2 N–H and O–H groups in total. The molecule has 130 valence electrons. The summed E-state index contributed by atoms with van der Waals surface area (Å²) in [5.41, 5.74) is 2.85. The minimum atomic E-state index is -0.218. The Bertz CT molecular complexity index is 669. The zero-order chi connectivity index (χ0) is 17.6. The first-order valence-electron chi connectivity index (χ1n) is 8.41. The third kappa shape index (κ3) is 4.65. The Morgan fingerprint density at radius 2 is 2.08 bits per heavy atom. The van der Waals surface area contributed by atoms with Crippen LogP contribution in [-0.2, 0) is 11.2 Å². The van der Waals surface area contributed by atoms with Gasteiger partial charge < -0.3 is 10.4 Å². The van der Waals surface area contributed by atoms with Crippen molar-refractivity contribution in [1.82, 2.24) is 10.3 Å². The highest BCUT2D eigenvalue weighted by molar-refractivity contribution is 7.13. The number of aromatic nitrogens is 1. The van der Waals surface area contributed by atoms with Crippen LogP contribution in [0.2, 0.25) is 0 Å². The van der Waals surface area contributed by atoms with Gasteiger partial charge in [0.25, 0.3) is 0 Å². The van der Waals surface area contributed by atoms with Crippen LogP contribution in [0.5, 0.6) is 0 Å². The number of nitrogens with zero attached hydrogens (tertiary/aromatic N) is 1. The number of hydrogen-bond donors (Lipinski definition) is 2. The highest BCUT2D eigenvalue weighted by Crippen LogP contribution is 2.25. The molecule has 0 unspecified atom stereocenters. The quantitative estimate of drug-likeness (QED) is 0.768. The summed E-state index contributed by atoms with van der Waals surface area (Å²) in [6.07, 6.45) is 1.96. The molecule has 0 saturated heterocycles. The number of rotatable bonds is 8. The molecule has 0 aliphatic heterocycles. The summed E-state index contributed by atoms with van der Waals surface area (Å²) in [6.45, 7) is 6.74. The number of hydrogen-bond acceptors (Lipinski definition) is 4. The lowest BCUT2D eigenvalue weighted by Gasteiger charge is -2.29. The van der Waals surface area contributed by atoms with Crippen molar-refractivity contribution in [3.8, 4) is 10.6 Å². The van der Waals surface area contributed by atoms with E-state index in [1.165, 1.54) is 5.56 Å². The Morgan fingerprint density at radius 3 is 2.71 bits per heavy atom. The Hall–Kier alpha value is -1.72. The van der Waals surface area contributed by atoms with Crippen molar-refractivity contribution in [1.29, 1.82) is 0 Å². The molecule has 4 nitrogen and oxygen atoms in total. The van der Waals surface area contributed by atoms with Crippen LogP contribution in [0.15, 0.2) is 29.6 Å². The van der Waals surface area contributed by atoms with Gasteiger partial charge in [-0.25, -0.2) is 4.98 Å². The largest absolute Gasteiger partial charge is 0.396 e. The number of aliphatic hydroxyl groups is 1. The van der Waals surface area contributed by atoms with E-state index in [2.05, 4.69) is 29.4 Å². The zero-order valence-corrected chi connectivity index (χ0v) is 15.4. The van der Waals surface area contributed by atoms with E-state index in [4.69, 9.17) is 0 Å². The predicted molar refractivity (Wildman–Crippen MR) is 99.1 cm³/mol. The molecule has 0 saturated carbocycles. The molecule has 0 aliphatic carbocycles. The molecule has 0 spiro atoms. The van der Waals surface area contributed by atoms with Crippen molar-refractivity contribution >= 4 is 17.2 Å². The van der Waals surface area contributed by atoms with Crippen molar-refractivity contribution < 1.29 is 9.90 Å². The van der Waals surface area contributed by atoms with Crippen LogP contribution in [0.4, 0.5) is 0 Å². The Balaban J connectivity index is 1.96. The van der Waals surface area contributed by atoms with Gasteiger partial charge in [0.2, 0.25) is 5.91 Å². The summed E-state index contributed by atoms with van der Waals surface area (Å²) in [7, 11) is 0. The van der Waals surface area contributed by atoms with Crippen LogP contribution in [0.3, 0.4) is 0 Å². The first-order valence-corrected chi connectivity index (χ1v) is 9.29. The van der Waals surface area contributed by atoms with E-state index < -0.39 is 0 Å². The molecule has 1 aromatic heterocycles. The average molecular weight is 346 g/mol. The smallest absolute Gasteiger partial charge is 0.226 e. The van der Waals surface area contributed by atoms with Crippen LogP contribution in [-0.4, -0.2) is 29.1 Å². The number of aryl methyl sites for hydroxylation is 1. The molecular formula is C19H26N2O2S. The van der Waals surface area contributed by atoms with Gasteiger partial charge in [0.1, 0.15) is 5.01 Å². The van der Waals surface area contributed by atoms with Gasteiger partial charge in [-0.3, -0.25) is 4.79 Å². The van der Waals surface area contributed by atoms with Crippen LogP contribution < -0.4 is 5.32 Å². The van der Waals surface area contributed by atoms with Gasteiger partial charge in [0.15, 0.2) is 0 Å². The zero-order valence-electron chi connectivity index (χ0n) is 14.6. The number of carbonyl (C=O) groups excluding carboxylic acids is 1. The van der Waals surface area contributed by atoms with Gasteiger partial charge in [-0.1, -0.05) is 37.6 Å². The molecule has 5 heteroatoms. The first-order chi connectivity index (χ1) is 11.5. The molecule has 2 aromatic rings. The van der Waals surface area contributed by atoms with E-state index in [-0.39, 0.29) is 24.3 Å². The second kappa shape index (κ2) is 8.40. The van der Waals surface area contributed by atoms with Gasteiger partial charge in [-0.05, 0) is 25.8 Å².